The molecule has 1 unspecified atom stereocenters. The van der Waals surface area contributed by atoms with Gasteiger partial charge in [-0.05, 0) is 43.0 Å². The number of sulfone groups is 1. The zero-order valence-electron chi connectivity index (χ0n) is 22.3. The molecule has 0 radical (unpaired) electrons. The van der Waals surface area contributed by atoms with Gasteiger partial charge in [0.2, 0.25) is 6.33 Å². The number of rotatable bonds is 10. The summed E-state index contributed by atoms with van der Waals surface area (Å²) >= 11 is 0. The van der Waals surface area contributed by atoms with Crippen LogP contribution in [0.5, 0.6) is 0 Å². The van der Waals surface area contributed by atoms with Crippen molar-refractivity contribution in [3.8, 4) is 0 Å². The molecule has 3 aromatic rings. The van der Waals surface area contributed by atoms with E-state index >= 15 is 0 Å². The Morgan fingerprint density at radius 3 is 2.62 bits per heavy atom. The van der Waals surface area contributed by atoms with E-state index in [0.29, 0.717) is 42.1 Å². The Morgan fingerprint density at radius 1 is 1.18 bits per heavy atom. The van der Waals surface area contributed by atoms with Crippen LogP contribution in [-0.2, 0) is 30.6 Å². The number of anilines is 1. The molecule has 0 bridgehead atoms. The number of aryl methyl sites for hydroxylation is 1. The molecule has 2 N–H and O–H groups in total. The number of amides is 1. The number of benzene rings is 1. The van der Waals surface area contributed by atoms with Gasteiger partial charge in [-0.25, -0.2) is 23.2 Å². The van der Waals surface area contributed by atoms with Gasteiger partial charge in [-0.1, -0.05) is 38.2 Å². The second-order valence-corrected chi connectivity index (χ2v) is 12.1. The predicted octanol–water partition coefficient (Wildman–Crippen LogP) is 3.26. The second kappa shape index (κ2) is 12.5. The lowest BCUT2D eigenvalue weighted by Crippen LogP contribution is -2.37. The van der Waals surface area contributed by atoms with Crippen LogP contribution in [-0.4, -0.2) is 42.7 Å². The maximum Gasteiger partial charge on any atom is 0.345 e. The number of carbonyl (C=O) groups is 2. The molecule has 1 amide bonds. The Morgan fingerprint density at radius 2 is 1.95 bits per heavy atom. The van der Waals surface area contributed by atoms with Crippen molar-refractivity contribution in [2.45, 2.75) is 69.2 Å². The Bertz CT molecular complexity index is 1490. The van der Waals surface area contributed by atoms with Crippen molar-refractivity contribution in [1.29, 1.82) is 0 Å². The van der Waals surface area contributed by atoms with Crippen LogP contribution in [0.1, 0.15) is 63.5 Å². The third-order valence-electron chi connectivity index (χ3n) is 7.16. The highest BCUT2D eigenvalue weighted by Gasteiger charge is 2.32. The van der Waals surface area contributed by atoms with E-state index in [-0.39, 0.29) is 28.8 Å². The van der Waals surface area contributed by atoms with Gasteiger partial charge in [0.15, 0.2) is 15.9 Å². The number of carbonyl (C=O) groups excluding carboxylic acids is 2. The van der Waals surface area contributed by atoms with Gasteiger partial charge in [0.1, 0.15) is 16.7 Å². The van der Waals surface area contributed by atoms with Crippen molar-refractivity contribution < 1.29 is 27.7 Å². The molecule has 1 aliphatic rings. The largest absolute Gasteiger partial charge is 0.466 e. The summed E-state index contributed by atoms with van der Waals surface area (Å²) in [6.45, 7) is 2.10. The quantitative estimate of drug-likeness (QED) is 0.379. The SMILES string of the molecule is CCOC(=O)CCc1ccc(NC(=O)C(CC2CCCCC2)n2c[nH+]c3cc(S(C)(=O)=O)ccc3c2=O)nc1. The molecule has 1 saturated carbocycles. The molecule has 0 aliphatic heterocycles. The zero-order valence-corrected chi connectivity index (χ0v) is 23.1. The molecule has 11 heteroatoms. The number of nitrogens with zero attached hydrogens (tertiary/aromatic N) is 2. The van der Waals surface area contributed by atoms with Crippen LogP contribution in [0.25, 0.3) is 10.9 Å². The van der Waals surface area contributed by atoms with Crippen LogP contribution in [0, 0.1) is 5.92 Å². The highest BCUT2D eigenvalue weighted by atomic mass is 32.2. The summed E-state index contributed by atoms with van der Waals surface area (Å²) < 4.78 is 30.3. The van der Waals surface area contributed by atoms with Crippen LogP contribution in [0.4, 0.5) is 5.82 Å². The number of pyridine rings is 1. The van der Waals surface area contributed by atoms with Crippen molar-refractivity contribution in [3.05, 3.63) is 58.8 Å². The van der Waals surface area contributed by atoms with Gasteiger partial charge in [0, 0.05) is 31.4 Å². The second-order valence-electron chi connectivity index (χ2n) is 10.1. The number of aromatic nitrogens is 3. The standard InChI is InChI=1S/C28H34N4O6S/c1-3-38-26(33)14-10-20-9-13-25(29-17-20)31-27(34)24(15-19-7-5-4-6-8-19)32-18-30-23-16-21(39(2,36)37)11-12-22(23)28(32)35/h9,11-13,16-19,24H,3-8,10,14-15H2,1-2H3,(H,29,31,34)/p+1. The number of hydrogen-bond acceptors (Lipinski definition) is 7. The minimum atomic E-state index is -3.44. The molecule has 0 saturated heterocycles. The van der Waals surface area contributed by atoms with Gasteiger partial charge >= 0.3 is 11.5 Å². The smallest absolute Gasteiger partial charge is 0.345 e. The summed E-state index contributed by atoms with van der Waals surface area (Å²) in [5, 5.41) is 3.15. The van der Waals surface area contributed by atoms with Crippen LogP contribution in [0.3, 0.4) is 0 Å². The average molecular weight is 556 g/mol. The minimum absolute atomic E-state index is 0.108. The fourth-order valence-electron chi connectivity index (χ4n) is 5.05. The van der Waals surface area contributed by atoms with E-state index in [9.17, 15) is 22.8 Å². The van der Waals surface area contributed by atoms with E-state index in [2.05, 4.69) is 15.3 Å². The van der Waals surface area contributed by atoms with Crippen molar-refractivity contribution in [2.75, 3.05) is 18.2 Å². The molecule has 1 fully saturated rings. The van der Waals surface area contributed by atoms with Gasteiger partial charge in [-0.15, -0.1) is 0 Å². The summed E-state index contributed by atoms with van der Waals surface area (Å²) in [6.07, 6.45) is 10.8. The predicted molar refractivity (Wildman–Crippen MR) is 146 cm³/mol. The Kier molecular flexibility index (Phi) is 9.11. The van der Waals surface area contributed by atoms with Crippen LogP contribution in [0.2, 0.25) is 0 Å². The van der Waals surface area contributed by atoms with Crippen molar-refractivity contribution >= 4 is 38.4 Å². The molecular formula is C28H35N4O6S+. The lowest BCUT2D eigenvalue weighted by atomic mass is 9.84. The third kappa shape index (κ3) is 7.29. The van der Waals surface area contributed by atoms with Crippen molar-refractivity contribution in [2.24, 2.45) is 5.92 Å². The minimum Gasteiger partial charge on any atom is -0.466 e. The van der Waals surface area contributed by atoms with E-state index in [0.717, 1.165) is 37.5 Å². The molecule has 10 nitrogen and oxygen atoms in total. The number of nitrogens with one attached hydrogen (secondary N) is 2. The average Bonchev–Trinajstić information content (AvgIpc) is 2.92. The van der Waals surface area contributed by atoms with E-state index in [1.807, 2.05) is 0 Å². The third-order valence-corrected chi connectivity index (χ3v) is 8.27. The normalized spacial score (nSPS) is 15.1. The van der Waals surface area contributed by atoms with E-state index in [1.165, 1.54) is 35.5 Å². The Hall–Kier alpha value is -3.60. The lowest BCUT2D eigenvalue weighted by Gasteiger charge is -2.24. The topological polar surface area (TPSA) is 139 Å². The molecule has 39 heavy (non-hydrogen) atoms. The first-order valence-corrected chi connectivity index (χ1v) is 15.2. The monoisotopic (exact) mass is 555 g/mol. The maximum absolute atomic E-state index is 13.6. The van der Waals surface area contributed by atoms with E-state index in [1.54, 1.807) is 25.3 Å². The number of ether oxygens (including phenoxy) is 1. The molecular weight excluding hydrogens is 520 g/mol. The van der Waals surface area contributed by atoms with Gasteiger partial charge in [0.25, 0.3) is 5.91 Å². The van der Waals surface area contributed by atoms with Gasteiger partial charge in [0.05, 0.1) is 11.5 Å². The lowest BCUT2D eigenvalue weighted by molar-refractivity contribution is -0.353. The van der Waals surface area contributed by atoms with Gasteiger partial charge in [-0.3, -0.25) is 9.59 Å². The molecule has 1 aliphatic carbocycles. The van der Waals surface area contributed by atoms with Gasteiger partial charge < -0.3 is 10.1 Å². The molecule has 2 aromatic heterocycles. The number of fused-ring (bicyclic) bond motifs is 1. The number of aromatic amines is 1. The maximum atomic E-state index is 13.6. The summed E-state index contributed by atoms with van der Waals surface area (Å²) in [6, 6.07) is 7.01. The first-order chi connectivity index (χ1) is 18.7. The van der Waals surface area contributed by atoms with Crippen molar-refractivity contribution in [1.82, 2.24) is 9.55 Å². The highest BCUT2D eigenvalue weighted by Crippen LogP contribution is 2.31. The number of H-pyrrole nitrogens is 1. The fraction of sp³-hybridized carbons (Fsp3) is 0.464. The first-order valence-electron chi connectivity index (χ1n) is 13.3. The molecule has 4 rings (SSSR count). The number of hydrogen-bond donors (Lipinski definition) is 1. The van der Waals surface area contributed by atoms with E-state index in [4.69, 9.17) is 4.74 Å². The van der Waals surface area contributed by atoms with Crippen molar-refractivity contribution in [3.63, 3.8) is 0 Å². The fourth-order valence-corrected chi connectivity index (χ4v) is 5.70. The van der Waals surface area contributed by atoms with E-state index < -0.39 is 15.9 Å². The van der Waals surface area contributed by atoms with Crippen LogP contribution >= 0.6 is 0 Å². The molecule has 2 heterocycles. The van der Waals surface area contributed by atoms with Crippen LogP contribution in [0.15, 0.2) is 52.5 Å². The molecule has 1 aromatic carbocycles. The molecule has 1 atom stereocenters. The molecule has 0 spiro atoms. The van der Waals surface area contributed by atoms with Gasteiger partial charge in [-0.2, -0.15) is 4.57 Å². The summed E-state index contributed by atoms with van der Waals surface area (Å²) in [5.74, 6) is 0.0348. The molecule has 208 valence electrons. The summed E-state index contributed by atoms with van der Waals surface area (Å²) in [4.78, 5) is 46.1. The Balaban J connectivity index is 1.58. The summed E-state index contributed by atoms with van der Waals surface area (Å²) in [7, 11) is -3.44. The van der Waals surface area contributed by atoms with Crippen LogP contribution < -0.4 is 15.9 Å². The Labute approximate surface area is 227 Å². The first kappa shape index (κ1) is 28.4. The number of esters is 1. The zero-order chi connectivity index (χ0) is 28.0. The summed E-state index contributed by atoms with van der Waals surface area (Å²) in [5.41, 5.74) is 0.853. The highest BCUT2D eigenvalue weighted by molar-refractivity contribution is 7.90.